The Labute approximate surface area is 364 Å². The van der Waals surface area contributed by atoms with Crippen molar-refractivity contribution in [2.75, 3.05) is 19.2 Å². The molecule has 7 nitrogen and oxygen atoms in total. The summed E-state index contributed by atoms with van der Waals surface area (Å²) in [5, 5.41) is 0. The van der Waals surface area contributed by atoms with Crippen LogP contribution in [0.2, 0.25) is 0 Å². The highest BCUT2D eigenvalue weighted by molar-refractivity contribution is 6.86. The molecule has 11 rings (SSSR count). The van der Waals surface area contributed by atoms with Crippen molar-refractivity contribution in [3.8, 4) is 5.69 Å². The highest BCUT2D eigenvalue weighted by atomic mass is 15.3. The third-order valence-corrected chi connectivity index (χ3v) is 12.8. The molecule has 62 heavy (non-hydrogen) atoms. The maximum Gasteiger partial charge on any atom is 0.422 e. The van der Waals surface area contributed by atoms with E-state index in [0.29, 0.717) is 0 Å². The van der Waals surface area contributed by atoms with Crippen molar-refractivity contribution in [2.45, 2.75) is 27.7 Å². The van der Waals surface area contributed by atoms with Crippen LogP contribution in [-0.4, -0.2) is 23.5 Å². The molecule has 0 N–H and O–H groups in total. The van der Waals surface area contributed by atoms with E-state index in [1.165, 1.54) is 33.2 Å². The molecule has 2 aliphatic heterocycles. The maximum atomic E-state index is 5.17. The zero-order valence-corrected chi connectivity index (χ0v) is 35.6. The largest absolute Gasteiger partial charge is 0.422 e. The maximum absolute atomic E-state index is 5.17. The first-order chi connectivity index (χ1) is 30.4. The van der Waals surface area contributed by atoms with Crippen molar-refractivity contribution in [3.05, 3.63) is 211 Å². The van der Waals surface area contributed by atoms with Gasteiger partial charge in [-0.05, 0) is 105 Å². The fourth-order valence-corrected chi connectivity index (χ4v) is 10.0. The average molecular weight is 802 g/mol. The Hall–Kier alpha value is -7.51. The minimum atomic E-state index is -0.197. The molecule has 7 aromatic carbocycles. The molecule has 0 bridgehead atoms. The number of para-hydroxylation sites is 4. The Morgan fingerprint density at radius 2 is 0.952 bits per heavy atom. The van der Waals surface area contributed by atoms with Gasteiger partial charge in [0, 0.05) is 28.9 Å². The number of benzene rings is 7. The van der Waals surface area contributed by atoms with Crippen molar-refractivity contribution in [1.82, 2.24) is 9.55 Å². The molecule has 0 amide bonds. The molecule has 298 valence electrons. The van der Waals surface area contributed by atoms with Gasteiger partial charge in [-0.15, -0.1) is 0 Å². The van der Waals surface area contributed by atoms with Gasteiger partial charge in [-0.2, -0.15) is 0 Å². The van der Waals surface area contributed by atoms with Gasteiger partial charge in [0.2, 0.25) is 6.33 Å². The standard InChI is InChI=1S/C53H45B2N7/c1-37-18-14-19-38(2)51(37)54-59(41-22-8-6-9-23-41)48-32-31-45(35-50(48)61(54)44-27-16-26-43(34-44)58-36-57(5)46-28-12-13-29-47(46)58)62-53-49(30-17-33-56-53)60(42-24-10-7-11-25-42)55(62)52-39(3)20-15-21-40(52)4/h6-35H,1-5H3. The SMILES string of the molecule is Cc1cccc(C)c1B1N(c2ccccc2)c2ccc(N3B(c4c(C)cccc4C)N(c4ccccc4)c4cccnc43)cc2N1c1cccc(-n2[c-][n+](C)c3ccccc32)c1. The number of aryl methyl sites for hydroxylation is 5. The lowest BCUT2D eigenvalue weighted by Crippen LogP contribution is -2.55. The van der Waals surface area contributed by atoms with Gasteiger partial charge in [-0.1, -0.05) is 131 Å². The average Bonchev–Trinajstić information content (AvgIpc) is 3.94. The summed E-state index contributed by atoms with van der Waals surface area (Å²) < 4.78 is 4.25. The van der Waals surface area contributed by atoms with Gasteiger partial charge in [0.05, 0.1) is 40.8 Å². The predicted octanol–water partition coefficient (Wildman–Crippen LogP) is 10.3. The third-order valence-electron chi connectivity index (χ3n) is 12.8. The molecule has 4 heterocycles. The van der Waals surface area contributed by atoms with E-state index < -0.39 is 0 Å². The van der Waals surface area contributed by atoms with E-state index in [-0.39, 0.29) is 14.0 Å². The molecule has 0 aliphatic carbocycles. The van der Waals surface area contributed by atoms with E-state index in [2.05, 4.69) is 245 Å². The summed E-state index contributed by atoms with van der Waals surface area (Å²) in [7, 11) is 2.06. The van der Waals surface area contributed by atoms with Crippen LogP contribution < -0.4 is 34.7 Å². The summed E-state index contributed by atoms with van der Waals surface area (Å²) in [5.41, 5.74) is 18.5. The Balaban J connectivity index is 1.17. The second-order valence-electron chi connectivity index (χ2n) is 16.5. The fourth-order valence-electron chi connectivity index (χ4n) is 10.0. The summed E-state index contributed by atoms with van der Waals surface area (Å²) in [6, 6.07) is 63.6. The van der Waals surface area contributed by atoms with Crippen LogP contribution in [0.3, 0.4) is 0 Å². The van der Waals surface area contributed by atoms with Crippen molar-refractivity contribution in [2.24, 2.45) is 7.05 Å². The summed E-state index contributed by atoms with van der Waals surface area (Å²) in [6.45, 7) is 8.56. The lowest BCUT2D eigenvalue weighted by Gasteiger charge is -2.33. The molecule has 2 aromatic heterocycles. The molecule has 0 unspecified atom stereocenters. The zero-order chi connectivity index (χ0) is 42.1. The number of anilines is 8. The summed E-state index contributed by atoms with van der Waals surface area (Å²) in [5.74, 6) is 0.921. The van der Waals surface area contributed by atoms with E-state index in [1.807, 2.05) is 6.20 Å². The van der Waals surface area contributed by atoms with Gasteiger partial charge >= 0.3 is 14.0 Å². The van der Waals surface area contributed by atoms with Crippen LogP contribution in [0.4, 0.5) is 45.6 Å². The quantitative estimate of drug-likeness (QED) is 0.0911. The van der Waals surface area contributed by atoms with Gasteiger partial charge in [0.25, 0.3) is 0 Å². The van der Waals surface area contributed by atoms with Gasteiger partial charge in [0.1, 0.15) is 5.82 Å². The monoisotopic (exact) mass is 801 g/mol. The van der Waals surface area contributed by atoms with Gasteiger partial charge < -0.3 is 28.4 Å². The number of nitrogens with zero attached hydrogens (tertiary/aromatic N) is 7. The molecule has 0 radical (unpaired) electrons. The van der Waals surface area contributed by atoms with Crippen LogP contribution >= 0.6 is 0 Å². The van der Waals surface area contributed by atoms with Crippen LogP contribution in [0, 0.1) is 34.0 Å². The first-order valence-electron chi connectivity index (χ1n) is 21.3. The van der Waals surface area contributed by atoms with E-state index >= 15 is 0 Å². The third kappa shape index (κ3) is 5.91. The molecule has 2 aliphatic rings. The van der Waals surface area contributed by atoms with E-state index in [1.54, 1.807) is 0 Å². The number of hydrogen-bond donors (Lipinski definition) is 0. The molecule has 0 spiro atoms. The normalized spacial score (nSPS) is 13.4. The van der Waals surface area contributed by atoms with Crippen molar-refractivity contribution < 1.29 is 4.57 Å². The Morgan fingerprint density at radius 3 is 1.61 bits per heavy atom. The van der Waals surface area contributed by atoms with E-state index in [4.69, 9.17) is 4.98 Å². The second kappa shape index (κ2) is 14.9. The molecule has 0 saturated heterocycles. The summed E-state index contributed by atoms with van der Waals surface area (Å²) in [6.07, 6.45) is 5.51. The van der Waals surface area contributed by atoms with Crippen molar-refractivity contribution >= 4 is 81.6 Å². The van der Waals surface area contributed by atoms with Crippen LogP contribution in [0.25, 0.3) is 16.7 Å². The van der Waals surface area contributed by atoms with Gasteiger partial charge in [0.15, 0.2) is 0 Å². The predicted molar refractivity (Wildman–Crippen MR) is 258 cm³/mol. The highest BCUT2D eigenvalue weighted by Gasteiger charge is 2.48. The fraction of sp³-hybridized carbons (Fsp3) is 0.0943. The first kappa shape index (κ1) is 37.5. The van der Waals surface area contributed by atoms with Gasteiger partial charge in [-0.3, -0.25) is 0 Å². The van der Waals surface area contributed by atoms with E-state index in [0.717, 1.165) is 62.4 Å². The minimum Gasteiger partial charge on any atom is -0.360 e. The molecule has 0 fully saturated rings. The number of imidazole rings is 1. The smallest absolute Gasteiger partial charge is 0.360 e. The van der Waals surface area contributed by atoms with Gasteiger partial charge in [-0.25, -0.2) is 4.98 Å². The zero-order valence-electron chi connectivity index (χ0n) is 35.6. The minimum absolute atomic E-state index is 0.195. The highest BCUT2D eigenvalue weighted by Crippen LogP contribution is 2.51. The number of aromatic nitrogens is 3. The summed E-state index contributed by atoms with van der Waals surface area (Å²) >= 11 is 0. The second-order valence-corrected chi connectivity index (χ2v) is 16.5. The topological polar surface area (TPSA) is 34.7 Å². The molecular weight excluding hydrogens is 756 g/mol. The Bertz CT molecular complexity index is 3110. The summed E-state index contributed by atoms with van der Waals surface area (Å²) in [4.78, 5) is 15.2. The number of hydrogen-bond acceptors (Lipinski definition) is 5. The first-order valence-corrected chi connectivity index (χ1v) is 21.3. The molecule has 0 saturated carbocycles. The number of rotatable bonds is 7. The number of fused-ring (bicyclic) bond motifs is 3. The lowest BCUT2D eigenvalue weighted by molar-refractivity contribution is -0.649. The Kier molecular flexibility index (Phi) is 9.00. The molecule has 9 aromatic rings. The van der Waals surface area contributed by atoms with Crippen molar-refractivity contribution in [3.63, 3.8) is 0 Å². The van der Waals surface area contributed by atoms with Crippen LogP contribution in [0.1, 0.15) is 22.3 Å². The molecule has 9 heteroatoms. The number of pyridine rings is 1. The van der Waals surface area contributed by atoms with Crippen LogP contribution in [0.5, 0.6) is 0 Å². The molecular formula is C53H45B2N7. The molecule has 0 atom stereocenters. The van der Waals surface area contributed by atoms with Crippen LogP contribution in [0.15, 0.2) is 182 Å². The van der Waals surface area contributed by atoms with Crippen molar-refractivity contribution in [1.29, 1.82) is 0 Å². The lowest BCUT2D eigenvalue weighted by atomic mass is 9.61. The Morgan fingerprint density at radius 1 is 0.435 bits per heavy atom. The van der Waals surface area contributed by atoms with Crippen LogP contribution in [-0.2, 0) is 7.05 Å². The van der Waals surface area contributed by atoms with E-state index in [9.17, 15) is 0 Å².